The van der Waals surface area contributed by atoms with Crippen LogP contribution in [0, 0.1) is 0 Å². The fourth-order valence-corrected chi connectivity index (χ4v) is 3.57. The van der Waals surface area contributed by atoms with Gasteiger partial charge in [0, 0.05) is 0 Å². The molecule has 0 aromatic heterocycles. The van der Waals surface area contributed by atoms with E-state index >= 15 is 0 Å². The zero-order chi connectivity index (χ0) is 19.4. The summed E-state index contributed by atoms with van der Waals surface area (Å²) in [6.45, 7) is 13.4. The van der Waals surface area contributed by atoms with Gasteiger partial charge in [-0.15, -0.1) is 0 Å². The first-order valence-corrected chi connectivity index (χ1v) is 9.55. The van der Waals surface area contributed by atoms with E-state index in [-0.39, 0.29) is 16.8 Å². The highest BCUT2D eigenvalue weighted by atomic mass is 16.5. The van der Waals surface area contributed by atoms with Crippen LogP contribution in [0.2, 0.25) is 0 Å². The molecule has 0 aliphatic heterocycles. The molecule has 0 spiro atoms. The van der Waals surface area contributed by atoms with Gasteiger partial charge >= 0.3 is 5.97 Å². The molecule has 1 aromatic rings. The smallest absolute Gasteiger partial charge is 0.338 e. The maximum Gasteiger partial charge on any atom is 0.338 e. The van der Waals surface area contributed by atoms with Crippen LogP contribution in [0.3, 0.4) is 0 Å². The molecule has 0 N–H and O–H groups in total. The predicted octanol–water partition coefficient (Wildman–Crippen LogP) is 6.11. The lowest BCUT2D eigenvalue weighted by atomic mass is 9.63. The third kappa shape index (κ3) is 4.35. The molecule has 2 heteroatoms. The molecule has 26 heavy (non-hydrogen) atoms. The molecule has 0 saturated carbocycles. The Morgan fingerprint density at radius 3 is 2.31 bits per heavy atom. The molecule has 0 fully saturated rings. The summed E-state index contributed by atoms with van der Waals surface area (Å²) >= 11 is 0. The molecule has 140 valence electrons. The number of hydrogen-bond donors (Lipinski definition) is 0. The van der Waals surface area contributed by atoms with Crippen LogP contribution >= 0.6 is 0 Å². The average molecular weight is 353 g/mol. The van der Waals surface area contributed by atoms with E-state index in [0.29, 0.717) is 12.2 Å². The second-order valence-electron chi connectivity index (χ2n) is 8.24. The van der Waals surface area contributed by atoms with Crippen LogP contribution in [-0.4, -0.2) is 12.6 Å². The van der Waals surface area contributed by atoms with Gasteiger partial charge in [-0.05, 0) is 60.3 Å². The lowest BCUT2D eigenvalue weighted by Gasteiger charge is -2.42. The summed E-state index contributed by atoms with van der Waals surface area (Å²) in [6, 6.07) is 6.46. The van der Waals surface area contributed by atoms with E-state index in [1.54, 1.807) is 0 Å². The van der Waals surface area contributed by atoms with Crippen molar-refractivity contribution in [3.8, 4) is 0 Å². The Balaban J connectivity index is 2.54. The van der Waals surface area contributed by atoms with Gasteiger partial charge in [-0.3, -0.25) is 0 Å². The molecule has 1 aliphatic rings. The third-order valence-electron chi connectivity index (χ3n) is 5.34. The number of carbonyl (C=O) groups excluding carboxylic acids is 1. The number of hydrogen-bond acceptors (Lipinski definition) is 2. The molecule has 1 aromatic carbocycles. The van der Waals surface area contributed by atoms with Gasteiger partial charge in [0.15, 0.2) is 0 Å². The van der Waals surface area contributed by atoms with E-state index in [4.69, 9.17) is 4.74 Å². The first-order chi connectivity index (χ1) is 12.2. The Kier molecular flexibility index (Phi) is 6.28. The molecule has 0 bridgehead atoms. The molecular weight excluding hydrogens is 320 g/mol. The largest absolute Gasteiger partial charge is 0.462 e. The van der Waals surface area contributed by atoms with E-state index < -0.39 is 0 Å². The predicted molar refractivity (Wildman–Crippen MR) is 110 cm³/mol. The van der Waals surface area contributed by atoms with Crippen molar-refractivity contribution in [1.82, 2.24) is 0 Å². The highest BCUT2D eigenvalue weighted by Gasteiger charge is 2.37. The van der Waals surface area contributed by atoms with Gasteiger partial charge in [0.25, 0.3) is 0 Å². The standard InChI is InChI=1S/C24H32O2/c1-7-9-10-11-12-19(22(25)26-8-2)18-13-14-20-21(17-18)24(5,6)16-15-23(20,3)4/h7,9-14,17H,8,15-16H2,1-6H3. The van der Waals surface area contributed by atoms with Crippen molar-refractivity contribution < 1.29 is 9.53 Å². The van der Waals surface area contributed by atoms with Gasteiger partial charge in [-0.25, -0.2) is 4.79 Å². The monoisotopic (exact) mass is 352 g/mol. The van der Waals surface area contributed by atoms with Gasteiger partial charge in [0.05, 0.1) is 12.2 Å². The van der Waals surface area contributed by atoms with Gasteiger partial charge in [0.2, 0.25) is 0 Å². The summed E-state index contributed by atoms with van der Waals surface area (Å²) in [5.41, 5.74) is 4.56. The van der Waals surface area contributed by atoms with E-state index in [0.717, 1.165) is 12.0 Å². The number of benzene rings is 1. The second kappa shape index (κ2) is 8.07. The van der Waals surface area contributed by atoms with Gasteiger partial charge in [-0.1, -0.05) is 70.2 Å². The highest BCUT2D eigenvalue weighted by Crippen LogP contribution is 2.46. The Bertz CT molecular complexity index is 745. The minimum atomic E-state index is -0.273. The van der Waals surface area contributed by atoms with Crippen LogP contribution in [0.25, 0.3) is 5.57 Å². The van der Waals surface area contributed by atoms with Crippen LogP contribution in [0.5, 0.6) is 0 Å². The SMILES string of the molecule is CC=CC=CC=C(C(=O)OCC)c1ccc2c(c1)C(C)(C)CCC2(C)C. The van der Waals surface area contributed by atoms with Crippen LogP contribution in [0.4, 0.5) is 0 Å². The van der Waals surface area contributed by atoms with Crippen molar-refractivity contribution in [3.05, 3.63) is 65.3 Å². The molecule has 1 aliphatic carbocycles. The Hall–Kier alpha value is -2.09. The Labute approximate surface area is 158 Å². The summed E-state index contributed by atoms with van der Waals surface area (Å²) in [5, 5.41) is 0. The topological polar surface area (TPSA) is 26.3 Å². The van der Waals surface area contributed by atoms with Crippen LogP contribution in [0.1, 0.15) is 71.1 Å². The van der Waals surface area contributed by atoms with Crippen molar-refractivity contribution in [2.45, 2.75) is 65.2 Å². The minimum Gasteiger partial charge on any atom is -0.462 e. The molecular formula is C24H32O2. The van der Waals surface area contributed by atoms with E-state index in [1.165, 1.54) is 17.5 Å². The first kappa shape index (κ1) is 20.2. The van der Waals surface area contributed by atoms with Gasteiger partial charge in [-0.2, -0.15) is 0 Å². The summed E-state index contributed by atoms with van der Waals surface area (Å²) in [5.74, 6) is -0.273. The van der Waals surface area contributed by atoms with Crippen molar-refractivity contribution >= 4 is 11.5 Å². The number of carbonyl (C=O) groups is 1. The first-order valence-electron chi connectivity index (χ1n) is 9.55. The quantitative estimate of drug-likeness (QED) is 0.363. The molecule has 0 radical (unpaired) electrons. The lowest BCUT2D eigenvalue weighted by molar-refractivity contribution is -0.136. The lowest BCUT2D eigenvalue weighted by Crippen LogP contribution is -2.33. The molecule has 0 unspecified atom stereocenters. The van der Waals surface area contributed by atoms with Crippen molar-refractivity contribution in [2.75, 3.05) is 6.61 Å². The fourth-order valence-electron chi connectivity index (χ4n) is 3.57. The zero-order valence-corrected chi connectivity index (χ0v) is 17.1. The van der Waals surface area contributed by atoms with Gasteiger partial charge in [0.1, 0.15) is 0 Å². The fraction of sp³-hybridized carbons (Fsp3) is 0.458. The minimum absolute atomic E-state index is 0.113. The highest BCUT2D eigenvalue weighted by molar-refractivity contribution is 6.16. The molecule has 0 saturated heterocycles. The maximum atomic E-state index is 12.5. The summed E-state index contributed by atoms with van der Waals surface area (Å²) < 4.78 is 5.29. The van der Waals surface area contributed by atoms with Crippen molar-refractivity contribution in [2.24, 2.45) is 0 Å². The molecule has 2 rings (SSSR count). The van der Waals surface area contributed by atoms with E-state index in [9.17, 15) is 4.79 Å². The molecule has 0 heterocycles. The number of allylic oxidation sites excluding steroid dienone is 5. The van der Waals surface area contributed by atoms with Crippen LogP contribution in [0.15, 0.2) is 48.6 Å². The normalized spacial score (nSPS) is 18.9. The maximum absolute atomic E-state index is 12.5. The number of fused-ring (bicyclic) bond motifs is 1. The zero-order valence-electron chi connectivity index (χ0n) is 17.1. The number of ether oxygens (including phenoxy) is 1. The Morgan fingerprint density at radius 1 is 1.04 bits per heavy atom. The number of esters is 1. The summed E-state index contributed by atoms with van der Waals surface area (Å²) in [4.78, 5) is 12.5. The summed E-state index contributed by atoms with van der Waals surface area (Å²) in [6.07, 6.45) is 11.9. The second-order valence-corrected chi connectivity index (χ2v) is 8.24. The molecule has 0 amide bonds. The van der Waals surface area contributed by atoms with Crippen LogP contribution < -0.4 is 0 Å². The number of rotatable bonds is 5. The van der Waals surface area contributed by atoms with Gasteiger partial charge < -0.3 is 4.74 Å². The average Bonchev–Trinajstić information content (AvgIpc) is 2.59. The van der Waals surface area contributed by atoms with Crippen LogP contribution in [-0.2, 0) is 20.4 Å². The Morgan fingerprint density at radius 2 is 1.69 bits per heavy atom. The third-order valence-corrected chi connectivity index (χ3v) is 5.34. The van der Waals surface area contributed by atoms with Crippen molar-refractivity contribution in [3.63, 3.8) is 0 Å². The molecule has 0 atom stereocenters. The van der Waals surface area contributed by atoms with Crippen molar-refractivity contribution in [1.29, 1.82) is 0 Å². The summed E-state index contributed by atoms with van der Waals surface area (Å²) in [7, 11) is 0. The van der Waals surface area contributed by atoms with E-state index in [1.807, 2.05) is 44.2 Å². The van der Waals surface area contributed by atoms with E-state index in [2.05, 4.69) is 45.9 Å². The molecule has 2 nitrogen and oxygen atoms in total.